The summed E-state index contributed by atoms with van der Waals surface area (Å²) in [5.41, 5.74) is 3.07. The van der Waals surface area contributed by atoms with Crippen LogP contribution < -0.4 is 10.6 Å². The fourth-order valence-electron chi connectivity index (χ4n) is 3.73. The first-order valence-corrected chi connectivity index (χ1v) is 11.6. The second-order valence-corrected chi connectivity index (χ2v) is 8.46. The Kier molecular flexibility index (Phi) is 9.57. The van der Waals surface area contributed by atoms with Crippen molar-refractivity contribution in [2.45, 2.75) is 39.3 Å². The Morgan fingerprint density at radius 1 is 1.00 bits per heavy atom. The van der Waals surface area contributed by atoms with Gasteiger partial charge in [-0.05, 0) is 48.4 Å². The van der Waals surface area contributed by atoms with Crippen molar-refractivity contribution in [2.75, 3.05) is 33.3 Å². The second-order valence-electron chi connectivity index (χ2n) is 8.46. The molecule has 0 spiro atoms. The molecule has 0 radical (unpaired) electrons. The summed E-state index contributed by atoms with van der Waals surface area (Å²) in [6.45, 7) is 6.65. The average Bonchev–Trinajstić information content (AvgIpc) is 2.85. The molecule has 2 N–H and O–H groups in total. The Bertz CT molecular complexity index is 846. The zero-order valence-corrected chi connectivity index (χ0v) is 19.3. The number of amides is 1. The van der Waals surface area contributed by atoms with Crippen molar-refractivity contribution in [3.63, 3.8) is 0 Å². The minimum Gasteiger partial charge on any atom is -0.376 e. The summed E-state index contributed by atoms with van der Waals surface area (Å²) in [7, 11) is 1.77. The molecule has 0 bridgehead atoms. The maximum absolute atomic E-state index is 12.6. The molecule has 0 aromatic heterocycles. The van der Waals surface area contributed by atoms with E-state index in [2.05, 4.69) is 34.7 Å². The van der Waals surface area contributed by atoms with Gasteiger partial charge >= 0.3 is 0 Å². The zero-order valence-electron chi connectivity index (χ0n) is 19.3. The predicted molar refractivity (Wildman–Crippen MR) is 130 cm³/mol. The number of rotatable bonds is 9. The first-order valence-electron chi connectivity index (χ1n) is 11.6. The molecule has 6 nitrogen and oxygen atoms in total. The summed E-state index contributed by atoms with van der Waals surface area (Å²) in [4.78, 5) is 18.9. The van der Waals surface area contributed by atoms with Crippen LogP contribution in [0.3, 0.4) is 0 Å². The van der Waals surface area contributed by atoms with E-state index in [9.17, 15) is 4.79 Å². The normalized spacial score (nSPS) is 15.3. The molecule has 1 aliphatic heterocycles. The topological polar surface area (TPSA) is 66.0 Å². The Balaban J connectivity index is 1.36. The van der Waals surface area contributed by atoms with Gasteiger partial charge in [-0.25, -0.2) is 0 Å². The van der Waals surface area contributed by atoms with E-state index < -0.39 is 0 Å². The van der Waals surface area contributed by atoms with Crippen LogP contribution in [-0.4, -0.2) is 50.1 Å². The van der Waals surface area contributed by atoms with Crippen molar-refractivity contribution in [1.82, 2.24) is 15.5 Å². The number of nitrogens with zero attached hydrogens (tertiary/aromatic N) is 2. The molecule has 2 aromatic rings. The molecule has 0 saturated carbocycles. The van der Waals surface area contributed by atoms with Gasteiger partial charge in [0.25, 0.3) is 5.91 Å². The number of likely N-dealkylation sites (tertiary alicyclic amines) is 1. The molecule has 3 rings (SSSR count). The van der Waals surface area contributed by atoms with Gasteiger partial charge in [-0.1, -0.05) is 49.4 Å². The molecule has 1 aliphatic rings. The van der Waals surface area contributed by atoms with E-state index in [1.54, 1.807) is 7.05 Å². The van der Waals surface area contributed by atoms with Crippen LogP contribution in [0.4, 0.5) is 0 Å². The van der Waals surface area contributed by atoms with Crippen molar-refractivity contribution in [3.8, 4) is 0 Å². The van der Waals surface area contributed by atoms with E-state index in [4.69, 9.17) is 4.74 Å². The third-order valence-electron chi connectivity index (χ3n) is 5.66. The maximum Gasteiger partial charge on any atom is 0.253 e. The summed E-state index contributed by atoms with van der Waals surface area (Å²) in [5.74, 6) is 1.26. The van der Waals surface area contributed by atoms with Crippen molar-refractivity contribution >= 4 is 11.9 Å². The third-order valence-corrected chi connectivity index (χ3v) is 5.66. The lowest BCUT2D eigenvalue weighted by Crippen LogP contribution is -2.39. The number of benzene rings is 2. The fraction of sp³-hybridized carbons (Fsp3) is 0.462. The van der Waals surface area contributed by atoms with Crippen LogP contribution in [0.15, 0.2) is 59.6 Å². The first kappa shape index (κ1) is 23.8. The Morgan fingerprint density at radius 3 is 2.41 bits per heavy atom. The smallest absolute Gasteiger partial charge is 0.253 e. The molecule has 1 amide bonds. The molecule has 1 saturated heterocycles. The second kappa shape index (κ2) is 12.9. The number of nitrogens with one attached hydrogen (secondary N) is 2. The average molecular weight is 437 g/mol. The van der Waals surface area contributed by atoms with Crippen molar-refractivity contribution in [1.29, 1.82) is 0 Å². The molecule has 172 valence electrons. The van der Waals surface area contributed by atoms with E-state index >= 15 is 0 Å². The highest BCUT2D eigenvalue weighted by atomic mass is 16.5. The Labute approximate surface area is 192 Å². The minimum absolute atomic E-state index is 0.144. The van der Waals surface area contributed by atoms with Crippen LogP contribution in [0.25, 0.3) is 0 Å². The molecule has 6 heteroatoms. The van der Waals surface area contributed by atoms with E-state index in [0.717, 1.165) is 49.6 Å². The molecular weight excluding hydrogens is 400 g/mol. The van der Waals surface area contributed by atoms with Crippen LogP contribution >= 0.6 is 0 Å². The van der Waals surface area contributed by atoms with E-state index in [0.29, 0.717) is 25.7 Å². The fourth-order valence-corrected chi connectivity index (χ4v) is 3.73. The molecule has 32 heavy (non-hydrogen) atoms. The zero-order chi connectivity index (χ0) is 22.6. The van der Waals surface area contributed by atoms with Crippen LogP contribution in [0.2, 0.25) is 0 Å². The standard InChI is InChI=1S/C26H36N4O2/c1-21(19-32-20-23-9-5-3-6-10-23)17-28-26(27-2)29-18-22-11-13-24(14-12-22)25(31)30-15-7-4-8-16-30/h3,5-6,9-14,21H,4,7-8,15-20H2,1-2H3,(H2,27,28,29). The summed E-state index contributed by atoms with van der Waals surface area (Å²) in [5, 5.41) is 6.70. The quantitative estimate of drug-likeness (QED) is 0.463. The number of guanidine groups is 1. The number of hydrogen-bond acceptors (Lipinski definition) is 3. The SMILES string of the molecule is CN=C(NCc1ccc(C(=O)N2CCCCC2)cc1)NCC(C)COCc1ccccc1. The van der Waals surface area contributed by atoms with Gasteiger partial charge in [0.1, 0.15) is 0 Å². The summed E-state index contributed by atoms with van der Waals surface area (Å²) in [6.07, 6.45) is 3.44. The molecule has 1 fully saturated rings. The largest absolute Gasteiger partial charge is 0.376 e. The van der Waals surface area contributed by atoms with Gasteiger partial charge in [0.05, 0.1) is 13.2 Å². The molecular formula is C26H36N4O2. The number of hydrogen-bond donors (Lipinski definition) is 2. The van der Waals surface area contributed by atoms with Gasteiger partial charge in [0, 0.05) is 38.8 Å². The van der Waals surface area contributed by atoms with Gasteiger partial charge in [-0.15, -0.1) is 0 Å². The first-order chi connectivity index (χ1) is 15.7. The highest BCUT2D eigenvalue weighted by Crippen LogP contribution is 2.14. The lowest BCUT2D eigenvalue weighted by molar-refractivity contribution is 0.0724. The Hall–Kier alpha value is -2.86. The van der Waals surface area contributed by atoms with Crippen LogP contribution in [0.1, 0.15) is 47.7 Å². The van der Waals surface area contributed by atoms with Gasteiger partial charge in [-0.2, -0.15) is 0 Å². The summed E-state index contributed by atoms with van der Waals surface area (Å²) < 4.78 is 5.82. The molecule has 0 aliphatic carbocycles. The van der Waals surface area contributed by atoms with Gasteiger partial charge in [-0.3, -0.25) is 9.79 Å². The molecule has 1 heterocycles. The number of carbonyl (C=O) groups excluding carboxylic acids is 1. The maximum atomic E-state index is 12.6. The van der Waals surface area contributed by atoms with E-state index in [1.165, 1.54) is 12.0 Å². The lowest BCUT2D eigenvalue weighted by Gasteiger charge is -2.26. The number of ether oxygens (including phenoxy) is 1. The van der Waals surface area contributed by atoms with Crippen LogP contribution in [0, 0.1) is 5.92 Å². The summed E-state index contributed by atoms with van der Waals surface area (Å²) in [6, 6.07) is 18.1. The van der Waals surface area contributed by atoms with Crippen molar-refractivity contribution < 1.29 is 9.53 Å². The highest BCUT2D eigenvalue weighted by Gasteiger charge is 2.17. The van der Waals surface area contributed by atoms with E-state index in [1.807, 2.05) is 47.4 Å². The van der Waals surface area contributed by atoms with E-state index in [-0.39, 0.29) is 5.91 Å². The van der Waals surface area contributed by atoms with Crippen molar-refractivity contribution in [2.24, 2.45) is 10.9 Å². The highest BCUT2D eigenvalue weighted by molar-refractivity contribution is 5.94. The predicted octanol–water partition coefficient (Wildman–Crippen LogP) is 3.83. The third kappa shape index (κ3) is 7.68. The monoisotopic (exact) mass is 436 g/mol. The number of carbonyl (C=O) groups is 1. The minimum atomic E-state index is 0.144. The van der Waals surface area contributed by atoms with Gasteiger partial charge in [0.15, 0.2) is 5.96 Å². The molecule has 1 unspecified atom stereocenters. The molecule has 1 atom stereocenters. The number of piperidine rings is 1. The van der Waals surface area contributed by atoms with Crippen molar-refractivity contribution in [3.05, 3.63) is 71.3 Å². The summed E-state index contributed by atoms with van der Waals surface area (Å²) >= 11 is 0. The molecule has 2 aromatic carbocycles. The van der Waals surface area contributed by atoms with Gasteiger partial charge in [0.2, 0.25) is 0 Å². The van der Waals surface area contributed by atoms with Crippen LogP contribution in [0.5, 0.6) is 0 Å². The Morgan fingerprint density at radius 2 is 1.72 bits per heavy atom. The van der Waals surface area contributed by atoms with Crippen LogP contribution in [-0.2, 0) is 17.9 Å². The van der Waals surface area contributed by atoms with Gasteiger partial charge < -0.3 is 20.3 Å². The number of aliphatic imine (C=N–C) groups is 1. The lowest BCUT2D eigenvalue weighted by atomic mass is 10.1.